The summed E-state index contributed by atoms with van der Waals surface area (Å²) in [5.41, 5.74) is 1.07. The molecule has 102 valence electrons. The zero-order valence-electron chi connectivity index (χ0n) is 10.8. The molecule has 0 bridgehead atoms. The number of hydrogen-bond donors (Lipinski definition) is 2. The third-order valence-corrected chi connectivity index (χ3v) is 3.35. The van der Waals surface area contributed by atoms with Crippen LogP contribution in [0.2, 0.25) is 0 Å². The Morgan fingerprint density at radius 3 is 2.74 bits per heavy atom. The van der Waals surface area contributed by atoms with Crippen LogP contribution in [0, 0.1) is 17.0 Å². The van der Waals surface area contributed by atoms with E-state index in [1.165, 1.54) is 12.1 Å². The van der Waals surface area contributed by atoms with Crippen LogP contribution in [0.5, 0.6) is 0 Å². The number of nitro benzene ring substituents is 1. The molecule has 0 atom stereocenters. The van der Waals surface area contributed by atoms with Crippen molar-refractivity contribution < 1.29 is 9.72 Å². The highest BCUT2D eigenvalue weighted by atomic mass is 16.6. The number of non-ortho nitro benzene ring substituents is 1. The fourth-order valence-corrected chi connectivity index (χ4v) is 2.20. The third kappa shape index (κ3) is 3.29. The molecule has 0 saturated carbocycles. The van der Waals surface area contributed by atoms with Crippen LogP contribution < -0.4 is 10.6 Å². The van der Waals surface area contributed by atoms with Crippen molar-refractivity contribution >= 4 is 11.6 Å². The maximum atomic E-state index is 12.2. The van der Waals surface area contributed by atoms with Gasteiger partial charge in [0.25, 0.3) is 11.6 Å². The number of hydrogen-bond acceptors (Lipinski definition) is 4. The van der Waals surface area contributed by atoms with Gasteiger partial charge in [-0.25, -0.2) is 0 Å². The zero-order chi connectivity index (χ0) is 13.8. The molecule has 1 saturated heterocycles. The monoisotopic (exact) mass is 263 g/mol. The number of carbonyl (C=O) groups is 1. The summed E-state index contributed by atoms with van der Waals surface area (Å²) < 4.78 is 0. The van der Waals surface area contributed by atoms with E-state index in [4.69, 9.17) is 0 Å². The number of piperidine rings is 1. The Balaban J connectivity index is 2.13. The first kappa shape index (κ1) is 13.5. The minimum atomic E-state index is -0.485. The van der Waals surface area contributed by atoms with Gasteiger partial charge in [-0.05, 0) is 38.4 Å². The van der Waals surface area contributed by atoms with E-state index in [0.717, 1.165) is 31.5 Å². The molecule has 1 aromatic rings. The van der Waals surface area contributed by atoms with Crippen molar-refractivity contribution in [3.63, 3.8) is 0 Å². The second-order valence-electron chi connectivity index (χ2n) is 4.75. The van der Waals surface area contributed by atoms with Crippen LogP contribution in [0.15, 0.2) is 18.2 Å². The van der Waals surface area contributed by atoms with Gasteiger partial charge in [-0.2, -0.15) is 0 Å². The highest BCUT2D eigenvalue weighted by Crippen LogP contribution is 2.17. The predicted octanol–water partition coefficient (Wildman–Crippen LogP) is 1.39. The van der Waals surface area contributed by atoms with Crippen LogP contribution >= 0.6 is 0 Å². The Bertz CT molecular complexity index is 496. The van der Waals surface area contributed by atoms with Gasteiger partial charge in [-0.15, -0.1) is 0 Å². The van der Waals surface area contributed by atoms with E-state index < -0.39 is 4.92 Å². The van der Waals surface area contributed by atoms with Crippen molar-refractivity contribution in [3.05, 3.63) is 39.4 Å². The van der Waals surface area contributed by atoms with E-state index in [-0.39, 0.29) is 17.6 Å². The molecule has 0 radical (unpaired) electrons. The van der Waals surface area contributed by atoms with Crippen molar-refractivity contribution in [3.8, 4) is 0 Å². The number of aryl methyl sites for hydroxylation is 1. The molecule has 1 aliphatic heterocycles. The molecule has 1 fully saturated rings. The van der Waals surface area contributed by atoms with Crippen molar-refractivity contribution in [2.75, 3.05) is 13.1 Å². The summed E-state index contributed by atoms with van der Waals surface area (Å²) in [5.74, 6) is -0.229. The van der Waals surface area contributed by atoms with Gasteiger partial charge >= 0.3 is 0 Å². The summed E-state index contributed by atoms with van der Waals surface area (Å²) in [6.45, 7) is 3.55. The molecule has 1 aliphatic rings. The Kier molecular flexibility index (Phi) is 4.11. The lowest BCUT2D eigenvalue weighted by atomic mass is 10.0. The SMILES string of the molecule is Cc1ccc([N+](=O)[O-])cc1C(=O)NC1CCNCC1. The van der Waals surface area contributed by atoms with Crippen LogP contribution in [0.25, 0.3) is 0 Å². The topological polar surface area (TPSA) is 84.3 Å². The van der Waals surface area contributed by atoms with E-state index in [0.29, 0.717) is 5.56 Å². The molecule has 2 N–H and O–H groups in total. The molecule has 0 unspecified atom stereocenters. The van der Waals surface area contributed by atoms with Crippen molar-refractivity contribution in [1.82, 2.24) is 10.6 Å². The Hall–Kier alpha value is -1.95. The fraction of sp³-hybridized carbons (Fsp3) is 0.462. The minimum absolute atomic E-state index is 0.0546. The average Bonchev–Trinajstić information content (AvgIpc) is 2.40. The largest absolute Gasteiger partial charge is 0.349 e. The van der Waals surface area contributed by atoms with Crippen molar-refractivity contribution in [1.29, 1.82) is 0 Å². The lowest BCUT2D eigenvalue weighted by Gasteiger charge is -2.23. The molecule has 0 spiro atoms. The van der Waals surface area contributed by atoms with Gasteiger partial charge in [0.05, 0.1) is 4.92 Å². The van der Waals surface area contributed by atoms with Crippen LogP contribution in [-0.4, -0.2) is 30.0 Å². The highest BCUT2D eigenvalue weighted by molar-refractivity contribution is 5.96. The van der Waals surface area contributed by atoms with Crippen LogP contribution in [0.3, 0.4) is 0 Å². The molecule has 6 heteroatoms. The Morgan fingerprint density at radius 1 is 1.42 bits per heavy atom. The summed E-state index contributed by atoms with van der Waals surface area (Å²) in [6, 6.07) is 4.50. The molecular formula is C13H17N3O3. The maximum absolute atomic E-state index is 12.2. The van der Waals surface area contributed by atoms with Gasteiger partial charge in [-0.3, -0.25) is 14.9 Å². The number of nitrogens with one attached hydrogen (secondary N) is 2. The zero-order valence-corrected chi connectivity index (χ0v) is 10.8. The van der Waals surface area contributed by atoms with Crippen molar-refractivity contribution in [2.45, 2.75) is 25.8 Å². The second-order valence-corrected chi connectivity index (χ2v) is 4.75. The number of rotatable bonds is 3. The molecule has 1 aromatic carbocycles. The normalized spacial score (nSPS) is 16.1. The summed E-state index contributed by atoms with van der Waals surface area (Å²) in [5, 5.41) is 16.9. The van der Waals surface area contributed by atoms with E-state index in [1.807, 2.05) is 0 Å². The first-order valence-electron chi connectivity index (χ1n) is 6.34. The van der Waals surface area contributed by atoms with Gasteiger partial charge in [-0.1, -0.05) is 6.07 Å². The number of amides is 1. The second kappa shape index (κ2) is 5.79. The van der Waals surface area contributed by atoms with E-state index in [1.54, 1.807) is 13.0 Å². The molecular weight excluding hydrogens is 246 g/mol. The average molecular weight is 263 g/mol. The lowest BCUT2D eigenvalue weighted by molar-refractivity contribution is -0.384. The molecule has 2 rings (SSSR count). The minimum Gasteiger partial charge on any atom is -0.349 e. The van der Waals surface area contributed by atoms with E-state index in [9.17, 15) is 14.9 Å². The summed E-state index contributed by atoms with van der Waals surface area (Å²) in [6.07, 6.45) is 1.78. The lowest BCUT2D eigenvalue weighted by Crippen LogP contribution is -2.42. The van der Waals surface area contributed by atoms with Gasteiger partial charge in [0.15, 0.2) is 0 Å². The molecule has 1 amide bonds. The maximum Gasteiger partial charge on any atom is 0.270 e. The molecule has 19 heavy (non-hydrogen) atoms. The summed E-state index contributed by atoms with van der Waals surface area (Å²) >= 11 is 0. The standard InChI is InChI=1S/C13H17N3O3/c1-9-2-3-11(16(18)19)8-12(9)13(17)15-10-4-6-14-7-5-10/h2-3,8,10,14H,4-7H2,1H3,(H,15,17). The molecule has 1 heterocycles. The quantitative estimate of drug-likeness (QED) is 0.637. The first-order valence-corrected chi connectivity index (χ1v) is 6.34. The molecule has 0 aliphatic carbocycles. The van der Waals surface area contributed by atoms with Crippen molar-refractivity contribution in [2.24, 2.45) is 0 Å². The van der Waals surface area contributed by atoms with Gasteiger partial charge in [0, 0.05) is 23.7 Å². The Labute approximate surface area is 111 Å². The predicted molar refractivity (Wildman–Crippen MR) is 71.2 cm³/mol. The number of nitro groups is 1. The highest BCUT2D eigenvalue weighted by Gasteiger charge is 2.19. The third-order valence-electron chi connectivity index (χ3n) is 3.35. The number of benzene rings is 1. The van der Waals surface area contributed by atoms with Gasteiger partial charge in [0.2, 0.25) is 0 Å². The van der Waals surface area contributed by atoms with Crippen LogP contribution in [0.1, 0.15) is 28.8 Å². The molecule has 0 aromatic heterocycles. The van der Waals surface area contributed by atoms with E-state index in [2.05, 4.69) is 10.6 Å². The van der Waals surface area contributed by atoms with Gasteiger partial charge in [0.1, 0.15) is 0 Å². The van der Waals surface area contributed by atoms with Crippen LogP contribution in [0.4, 0.5) is 5.69 Å². The first-order chi connectivity index (χ1) is 9.08. The number of carbonyl (C=O) groups excluding carboxylic acids is 1. The fourth-order valence-electron chi connectivity index (χ4n) is 2.20. The molecule has 6 nitrogen and oxygen atoms in total. The smallest absolute Gasteiger partial charge is 0.270 e. The summed E-state index contributed by atoms with van der Waals surface area (Å²) in [4.78, 5) is 22.4. The number of nitrogens with zero attached hydrogens (tertiary/aromatic N) is 1. The van der Waals surface area contributed by atoms with Crippen LogP contribution in [-0.2, 0) is 0 Å². The van der Waals surface area contributed by atoms with E-state index >= 15 is 0 Å². The summed E-state index contributed by atoms with van der Waals surface area (Å²) in [7, 11) is 0. The van der Waals surface area contributed by atoms with Gasteiger partial charge < -0.3 is 10.6 Å². The Morgan fingerprint density at radius 2 is 2.11 bits per heavy atom.